The molecule has 0 spiro atoms. The predicted molar refractivity (Wildman–Crippen MR) is 163 cm³/mol. The van der Waals surface area contributed by atoms with Crippen LogP contribution in [0.3, 0.4) is 0 Å². The van der Waals surface area contributed by atoms with Crippen molar-refractivity contribution in [3.05, 3.63) is 34.3 Å². The van der Waals surface area contributed by atoms with Crippen molar-refractivity contribution in [2.45, 2.75) is 117 Å². The van der Waals surface area contributed by atoms with E-state index in [2.05, 4.69) is 13.8 Å². The van der Waals surface area contributed by atoms with E-state index in [0.717, 1.165) is 35.4 Å². The Bertz CT molecular complexity index is 1020. The van der Waals surface area contributed by atoms with E-state index in [9.17, 15) is 0 Å². The van der Waals surface area contributed by atoms with Crippen molar-refractivity contribution < 1.29 is 9.47 Å². The van der Waals surface area contributed by atoms with E-state index in [1.165, 1.54) is 89.9 Å². The van der Waals surface area contributed by atoms with E-state index >= 15 is 0 Å². The molecule has 210 valence electrons. The summed E-state index contributed by atoms with van der Waals surface area (Å²) in [4.78, 5) is 9.57. The number of benzene rings is 2. The van der Waals surface area contributed by atoms with Gasteiger partial charge in [0.05, 0.1) is 45.3 Å². The van der Waals surface area contributed by atoms with Gasteiger partial charge < -0.3 is 9.47 Å². The molecule has 0 aliphatic carbocycles. The summed E-state index contributed by atoms with van der Waals surface area (Å²) in [5, 5.41) is 0.952. The van der Waals surface area contributed by atoms with Gasteiger partial charge >= 0.3 is 0 Å². The van der Waals surface area contributed by atoms with Crippen LogP contribution in [0.25, 0.3) is 22.1 Å². The lowest BCUT2D eigenvalue weighted by molar-refractivity contribution is 0.259. The Morgan fingerprint density at radius 2 is 0.789 bits per heavy atom. The minimum Gasteiger partial charge on any atom is -0.490 e. The molecule has 0 saturated heterocycles. The molecule has 3 aromatic rings. The largest absolute Gasteiger partial charge is 0.490 e. The highest BCUT2D eigenvalue weighted by Gasteiger charge is 2.13. The maximum absolute atomic E-state index is 6.24. The van der Waals surface area contributed by atoms with Crippen LogP contribution < -0.4 is 9.47 Å². The summed E-state index contributed by atoms with van der Waals surface area (Å²) in [6, 6.07) is 7.44. The van der Waals surface area contributed by atoms with E-state index in [0.29, 0.717) is 34.3 Å². The van der Waals surface area contributed by atoms with E-state index < -0.39 is 0 Å². The molecule has 0 saturated carbocycles. The lowest BCUT2D eigenvalue weighted by Gasteiger charge is -2.14. The van der Waals surface area contributed by atoms with Gasteiger partial charge in [-0.2, -0.15) is 0 Å². The van der Waals surface area contributed by atoms with Gasteiger partial charge in [0.1, 0.15) is 0 Å². The molecule has 0 atom stereocenters. The maximum Gasteiger partial charge on any atom is 0.163 e. The molecule has 6 heteroatoms. The molecule has 0 radical (unpaired) electrons. The van der Waals surface area contributed by atoms with E-state index in [-0.39, 0.29) is 0 Å². The number of nitrogens with zero attached hydrogens (tertiary/aromatic N) is 2. The first kappa shape index (κ1) is 30.8. The number of hydrogen-bond acceptors (Lipinski definition) is 4. The number of halogens is 2. The van der Waals surface area contributed by atoms with E-state index in [1.807, 2.05) is 12.1 Å². The number of unbranched alkanes of at least 4 members (excludes halogenated alkanes) is 14. The highest BCUT2D eigenvalue weighted by Crippen LogP contribution is 2.34. The summed E-state index contributed by atoms with van der Waals surface area (Å²) >= 11 is 12.4. The molecule has 0 amide bonds. The van der Waals surface area contributed by atoms with Gasteiger partial charge in [0.25, 0.3) is 0 Å². The molecule has 1 heterocycles. The van der Waals surface area contributed by atoms with Crippen LogP contribution in [-0.4, -0.2) is 23.2 Å². The molecule has 0 N–H and O–H groups in total. The first-order valence-electron chi connectivity index (χ1n) is 15.0. The summed E-state index contributed by atoms with van der Waals surface area (Å²) in [5.74, 6) is 1.49. The Hall–Kier alpha value is -1.78. The molecule has 0 bridgehead atoms. The molecule has 0 unspecified atom stereocenters. The van der Waals surface area contributed by atoms with Gasteiger partial charge in [-0.25, -0.2) is 9.97 Å². The van der Waals surface area contributed by atoms with Crippen molar-refractivity contribution in [3.8, 4) is 11.5 Å². The van der Waals surface area contributed by atoms with Crippen LogP contribution in [0.1, 0.15) is 117 Å². The van der Waals surface area contributed by atoms with Gasteiger partial charge in [0, 0.05) is 12.1 Å². The summed E-state index contributed by atoms with van der Waals surface area (Å²) < 4.78 is 12.5. The van der Waals surface area contributed by atoms with E-state index in [1.54, 1.807) is 12.1 Å². The van der Waals surface area contributed by atoms with Gasteiger partial charge in [0.15, 0.2) is 11.5 Å². The van der Waals surface area contributed by atoms with Crippen molar-refractivity contribution in [2.75, 3.05) is 13.2 Å². The van der Waals surface area contributed by atoms with E-state index in [4.69, 9.17) is 42.6 Å². The Kier molecular flexibility index (Phi) is 14.4. The first-order valence-corrected chi connectivity index (χ1v) is 15.7. The smallest absolute Gasteiger partial charge is 0.163 e. The summed E-state index contributed by atoms with van der Waals surface area (Å²) in [5.41, 5.74) is 2.96. The standard InChI is InChI=1S/C32H46Cl2N2O2/c1-3-5-7-9-11-13-15-17-19-37-31-23-29-30(36-28-22-26(34)25(33)21-27(28)35-29)24-32(31)38-20-18-16-14-12-10-8-6-4-2/h21-24H,3-20H2,1-2H3. The lowest BCUT2D eigenvalue weighted by atomic mass is 10.1. The zero-order valence-electron chi connectivity index (χ0n) is 23.5. The number of aromatic nitrogens is 2. The maximum atomic E-state index is 6.24. The predicted octanol–water partition coefficient (Wildman–Crippen LogP) is 11.1. The fourth-order valence-electron chi connectivity index (χ4n) is 4.74. The molecule has 4 nitrogen and oxygen atoms in total. The Morgan fingerprint density at radius 1 is 0.474 bits per heavy atom. The molecule has 2 aromatic carbocycles. The second kappa shape index (κ2) is 17.7. The van der Waals surface area contributed by atoms with Gasteiger partial charge in [0.2, 0.25) is 0 Å². The second-order valence-electron chi connectivity index (χ2n) is 10.4. The third-order valence-corrected chi connectivity index (χ3v) is 7.77. The van der Waals surface area contributed by atoms with Crippen LogP contribution in [0, 0.1) is 0 Å². The first-order chi connectivity index (χ1) is 18.6. The number of fused-ring (bicyclic) bond motifs is 2. The molecule has 0 fully saturated rings. The molecular formula is C32H46Cl2N2O2. The molecule has 1 aromatic heterocycles. The van der Waals surface area contributed by atoms with Crippen LogP contribution in [0.2, 0.25) is 10.0 Å². The van der Waals surface area contributed by atoms with Crippen LogP contribution in [-0.2, 0) is 0 Å². The zero-order chi connectivity index (χ0) is 27.0. The zero-order valence-corrected chi connectivity index (χ0v) is 25.0. The van der Waals surface area contributed by atoms with Crippen LogP contribution in [0.4, 0.5) is 0 Å². The Labute approximate surface area is 239 Å². The molecule has 0 aliphatic rings. The van der Waals surface area contributed by atoms with Crippen molar-refractivity contribution in [3.63, 3.8) is 0 Å². The topological polar surface area (TPSA) is 44.2 Å². The van der Waals surface area contributed by atoms with Gasteiger partial charge in [-0.3, -0.25) is 0 Å². The lowest BCUT2D eigenvalue weighted by Crippen LogP contribution is -2.03. The van der Waals surface area contributed by atoms with Crippen LogP contribution in [0.15, 0.2) is 24.3 Å². The SMILES string of the molecule is CCCCCCCCCCOc1cc2nc3cc(Cl)c(Cl)cc3nc2cc1OCCCCCCCCCC. The van der Waals surface area contributed by atoms with Crippen molar-refractivity contribution >= 4 is 45.3 Å². The quantitative estimate of drug-likeness (QED) is 0.102. The van der Waals surface area contributed by atoms with Crippen LogP contribution >= 0.6 is 23.2 Å². The van der Waals surface area contributed by atoms with Crippen molar-refractivity contribution in [1.29, 1.82) is 0 Å². The molecule has 3 rings (SSSR count). The van der Waals surface area contributed by atoms with Crippen LogP contribution in [0.5, 0.6) is 11.5 Å². The molecule has 0 aliphatic heterocycles. The molecular weight excluding hydrogens is 515 g/mol. The van der Waals surface area contributed by atoms with Gasteiger partial charge in [-0.15, -0.1) is 0 Å². The fourth-order valence-corrected chi connectivity index (χ4v) is 5.06. The summed E-state index contributed by atoms with van der Waals surface area (Å²) in [7, 11) is 0. The normalized spacial score (nSPS) is 11.5. The highest BCUT2D eigenvalue weighted by molar-refractivity contribution is 6.42. The summed E-state index contributed by atoms with van der Waals surface area (Å²) in [6.45, 7) is 5.88. The van der Waals surface area contributed by atoms with Gasteiger partial charge in [-0.1, -0.05) is 127 Å². The number of rotatable bonds is 20. The van der Waals surface area contributed by atoms with Crippen molar-refractivity contribution in [1.82, 2.24) is 9.97 Å². The average molecular weight is 562 g/mol. The monoisotopic (exact) mass is 560 g/mol. The Morgan fingerprint density at radius 3 is 1.16 bits per heavy atom. The number of hydrogen-bond donors (Lipinski definition) is 0. The van der Waals surface area contributed by atoms with Crippen molar-refractivity contribution in [2.24, 2.45) is 0 Å². The third kappa shape index (κ3) is 10.4. The summed E-state index contributed by atoms with van der Waals surface area (Å²) in [6.07, 6.45) is 20.3. The Balaban J connectivity index is 1.60. The minimum atomic E-state index is 0.476. The fraction of sp³-hybridized carbons (Fsp3) is 0.625. The number of ether oxygens (including phenoxy) is 2. The third-order valence-electron chi connectivity index (χ3n) is 7.05. The highest BCUT2D eigenvalue weighted by atomic mass is 35.5. The van der Waals surface area contributed by atoms with Gasteiger partial charge in [-0.05, 0) is 25.0 Å². The minimum absolute atomic E-state index is 0.476. The second-order valence-corrected chi connectivity index (χ2v) is 11.2. The molecule has 38 heavy (non-hydrogen) atoms. The average Bonchev–Trinajstić information content (AvgIpc) is 2.91.